The van der Waals surface area contributed by atoms with E-state index in [1.165, 1.54) is 11.1 Å². The quantitative estimate of drug-likeness (QED) is 0.836. The third-order valence-electron chi connectivity index (χ3n) is 2.61. The van der Waals surface area contributed by atoms with Crippen molar-refractivity contribution in [2.75, 3.05) is 17.2 Å². The van der Waals surface area contributed by atoms with Crippen molar-refractivity contribution >= 4 is 49.3 Å². The number of rotatable bonds is 3. The van der Waals surface area contributed by atoms with E-state index in [-0.39, 0.29) is 41.5 Å². The lowest BCUT2D eigenvalue weighted by Crippen LogP contribution is -2.28. The Kier molecular flexibility index (Phi) is 4.09. The van der Waals surface area contributed by atoms with E-state index in [0.717, 1.165) is 0 Å². The Morgan fingerprint density at radius 3 is 2.89 bits per heavy atom. The van der Waals surface area contributed by atoms with Gasteiger partial charge < -0.3 is 0 Å². The molecule has 0 spiro atoms. The Labute approximate surface area is 123 Å². The van der Waals surface area contributed by atoms with Crippen LogP contribution in [0.3, 0.4) is 0 Å². The second kappa shape index (κ2) is 5.31. The van der Waals surface area contributed by atoms with Gasteiger partial charge in [0, 0.05) is 18.9 Å². The van der Waals surface area contributed by atoms with Crippen molar-refractivity contribution in [3.63, 3.8) is 0 Å². The maximum absolute atomic E-state index is 11.9. The Hall–Kier alpha value is -0.770. The number of hydrogen-bond donors (Lipinski definition) is 1. The Bertz CT molecular complexity index is 624. The second-order valence-corrected chi connectivity index (χ2v) is 7.01. The van der Waals surface area contributed by atoms with E-state index in [9.17, 15) is 13.2 Å². The maximum Gasteiger partial charge on any atom is 0.228 e. The SMILES string of the molecule is NS(=O)(=O)CC1CC(=O)N(c2nc(Cl)cnc2Br)C1. The number of nitrogens with two attached hydrogens (primary N) is 1. The minimum atomic E-state index is -3.61. The Morgan fingerprint density at radius 1 is 1.58 bits per heavy atom. The van der Waals surface area contributed by atoms with Gasteiger partial charge in [-0.3, -0.25) is 9.69 Å². The summed E-state index contributed by atoms with van der Waals surface area (Å²) in [7, 11) is -3.61. The van der Waals surface area contributed by atoms with Crippen molar-refractivity contribution in [3.05, 3.63) is 16.0 Å². The first-order chi connectivity index (χ1) is 8.76. The molecule has 1 unspecified atom stereocenters. The first-order valence-corrected chi connectivity index (χ1v) is 8.14. The van der Waals surface area contributed by atoms with E-state index in [1.807, 2.05) is 0 Å². The van der Waals surface area contributed by atoms with Crippen LogP contribution < -0.4 is 10.0 Å². The molecule has 1 aromatic rings. The highest BCUT2D eigenvalue weighted by Crippen LogP contribution is 2.29. The molecule has 0 saturated carbocycles. The number of amides is 1. The van der Waals surface area contributed by atoms with Crippen molar-refractivity contribution in [2.45, 2.75) is 6.42 Å². The highest BCUT2D eigenvalue weighted by molar-refractivity contribution is 9.10. The average Bonchev–Trinajstić information content (AvgIpc) is 2.60. The highest BCUT2D eigenvalue weighted by Gasteiger charge is 2.34. The summed E-state index contributed by atoms with van der Waals surface area (Å²) in [6, 6.07) is 0. The molecule has 2 heterocycles. The number of anilines is 1. The lowest BCUT2D eigenvalue weighted by atomic mass is 10.1. The molecule has 1 aliphatic heterocycles. The summed E-state index contributed by atoms with van der Waals surface area (Å²) < 4.78 is 22.5. The summed E-state index contributed by atoms with van der Waals surface area (Å²) in [4.78, 5) is 21.2. The first-order valence-electron chi connectivity index (χ1n) is 5.25. The molecule has 19 heavy (non-hydrogen) atoms. The monoisotopic (exact) mass is 368 g/mol. The molecule has 2 rings (SSSR count). The summed E-state index contributed by atoms with van der Waals surface area (Å²) in [5, 5.41) is 5.14. The van der Waals surface area contributed by atoms with Gasteiger partial charge in [-0.25, -0.2) is 23.5 Å². The van der Waals surface area contributed by atoms with Crippen molar-refractivity contribution in [1.82, 2.24) is 9.97 Å². The predicted octanol–water partition coefficient (Wildman–Crippen LogP) is 0.534. The van der Waals surface area contributed by atoms with Crippen LogP contribution >= 0.6 is 27.5 Å². The number of hydrogen-bond acceptors (Lipinski definition) is 5. The molecule has 0 bridgehead atoms. The van der Waals surface area contributed by atoms with Crippen LogP contribution in [0.15, 0.2) is 10.8 Å². The zero-order chi connectivity index (χ0) is 14.2. The summed E-state index contributed by atoms with van der Waals surface area (Å²) in [5.74, 6) is -0.531. The third-order valence-corrected chi connectivity index (χ3v) is 4.29. The average molecular weight is 370 g/mol. The molecule has 1 amide bonds. The van der Waals surface area contributed by atoms with Crippen LogP contribution in [0.2, 0.25) is 5.15 Å². The van der Waals surface area contributed by atoms with Crippen molar-refractivity contribution in [2.24, 2.45) is 11.1 Å². The molecule has 1 atom stereocenters. The number of aromatic nitrogens is 2. The van der Waals surface area contributed by atoms with Gasteiger partial charge in [-0.05, 0) is 15.9 Å². The van der Waals surface area contributed by atoms with Crippen LogP contribution in [0.4, 0.5) is 5.82 Å². The molecule has 1 aromatic heterocycles. The molecular weight excluding hydrogens is 360 g/mol. The van der Waals surface area contributed by atoms with Crippen molar-refractivity contribution < 1.29 is 13.2 Å². The van der Waals surface area contributed by atoms with Gasteiger partial charge >= 0.3 is 0 Å². The molecule has 0 aromatic carbocycles. The summed E-state index contributed by atoms with van der Waals surface area (Å²) >= 11 is 8.92. The molecule has 0 aliphatic carbocycles. The lowest BCUT2D eigenvalue weighted by Gasteiger charge is -2.16. The molecule has 7 nitrogen and oxygen atoms in total. The number of carbonyl (C=O) groups is 1. The van der Waals surface area contributed by atoms with E-state index >= 15 is 0 Å². The van der Waals surface area contributed by atoms with E-state index in [1.54, 1.807) is 0 Å². The fourth-order valence-corrected chi connectivity index (χ4v) is 3.36. The van der Waals surface area contributed by atoms with Crippen LogP contribution in [0.1, 0.15) is 6.42 Å². The molecule has 2 N–H and O–H groups in total. The summed E-state index contributed by atoms with van der Waals surface area (Å²) in [5.41, 5.74) is 0. The van der Waals surface area contributed by atoms with Gasteiger partial charge in [0.15, 0.2) is 5.82 Å². The normalized spacial score (nSPS) is 20.1. The largest absolute Gasteiger partial charge is 0.294 e. The van der Waals surface area contributed by atoms with Gasteiger partial charge in [-0.1, -0.05) is 11.6 Å². The molecule has 1 aliphatic rings. The minimum Gasteiger partial charge on any atom is -0.294 e. The molecule has 0 radical (unpaired) electrons. The standard InChI is InChI=1S/C9H10BrClN4O3S/c10-8-9(14-6(11)2-13-8)15-3-5(1-7(15)16)4-19(12,17)18/h2,5H,1,3-4H2,(H2,12,17,18). The number of sulfonamides is 1. The van der Waals surface area contributed by atoms with Crippen molar-refractivity contribution in [1.29, 1.82) is 0 Å². The first kappa shape index (κ1) is 14.6. The van der Waals surface area contributed by atoms with Gasteiger partial charge in [0.2, 0.25) is 15.9 Å². The third kappa shape index (κ3) is 3.62. The summed E-state index contributed by atoms with van der Waals surface area (Å²) in [6.07, 6.45) is 1.45. The topological polar surface area (TPSA) is 106 Å². The maximum atomic E-state index is 11.9. The van der Waals surface area contributed by atoms with Gasteiger partial charge in [-0.15, -0.1) is 0 Å². The van der Waals surface area contributed by atoms with Crippen LogP contribution in [0.25, 0.3) is 0 Å². The number of primary sulfonamides is 1. The van der Waals surface area contributed by atoms with Gasteiger partial charge in [0.05, 0.1) is 11.9 Å². The van der Waals surface area contributed by atoms with Crippen molar-refractivity contribution in [3.8, 4) is 0 Å². The van der Waals surface area contributed by atoms with Gasteiger partial charge in [-0.2, -0.15) is 0 Å². The molecular formula is C9H10BrClN4O3S. The zero-order valence-electron chi connectivity index (χ0n) is 9.58. The van der Waals surface area contributed by atoms with E-state index in [4.69, 9.17) is 16.7 Å². The fraction of sp³-hybridized carbons (Fsp3) is 0.444. The van der Waals surface area contributed by atoms with E-state index < -0.39 is 10.0 Å². The van der Waals surface area contributed by atoms with Crippen LogP contribution in [0, 0.1) is 5.92 Å². The van der Waals surface area contributed by atoms with E-state index in [0.29, 0.717) is 4.60 Å². The number of halogens is 2. The second-order valence-electron chi connectivity index (χ2n) is 4.21. The van der Waals surface area contributed by atoms with Gasteiger partial charge in [0.25, 0.3) is 0 Å². The van der Waals surface area contributed by atoms with Crippen LogP contribution in [0.5, 0.6) is 0 Å². The molecule has 10 heteroatoms. The van der Waals surface area contributed by atoms with Crippen LogP contribution in [-0.4, -0.2) is 36.6 Å². The molecule has 1 fully saturated rings. The number of carbonyl (C=O) groups excluding carboxylic acids is 1. The zero-order valence-corrected chi connectivity index (χ0v) is 12.7. The molecule has 104 valence electrons. The van der Waals surface area contributed by atoms with E-state index in [2.05, 4.69) is 25.9 Å². The minimum absolute atomic E-state index is 0.108. The summed E-state index contributed by atoms with van der Waals surface area (Å²) in [6.45, 7) is 0.225. The lowest BCUT2D eigenvalue weighted by molar-refractivity contribution is -0.117. The smallest absolute Gasteiger partial charge is 0.228 e. The van der Waals surface area contributed by atoms with Gasteiger partial charge in [0.1, 0.15) is 9.76 Å². The highest BCUT2D eigenvalue weighted by atomic mass is 79.9. The predicted molar refractivity (Wildman–Crippen MR) is 73.2 cm³/mol. The Morgan fingerprint density at radius 2 is 2.26 bits per heavy atom. The number of nitrogens with zero attached hydrogens (tertiary/aromatic N) is 3. The molecule has 1 saturated heterocycles. The van der Waals surface area contributed by atoms with Crippen LogP contribution in [-0.2, 0) is 14.8 Å². The fourth-order valence-electron chi connectivity index (χ4n) is 1.94. The Balaban J connectivity index is 2.23.